The van der Waals surface area contributed by atoms with Crippen LogP contribution in [0, 0.1) is 0 Å². The molecule has 0 amide bonds. The largest absolute Gasteiger partial charge is 0.309 e. The average Bonchev–Trinajstić information content (AvgIpc) is 3.27. The van der Waals surface area contributed by atoms with E-state index in [1.165, 1.54) is 76.8 Å². The quantitative estimate of drug-likeness (QED) is 0.150. The second-order valence-electron chi connectivity index (χ2n) is 14.1. The molecule has 258 valence electrons. The zero-order chi connectivity index (χ0) is 36.6. The van der Waals surface area contributed by atoms with Crippen molar-refractivity contribution in [2.75, 3.05) is 4.90 Å². The van der Waals surface area contributed by atoms with Crippen LogP contribution in [0.2, 0.25) is 0 Å². The topological polar surface area (TPSA) is 3.24 Å². The molecule has 0 saturated heterocycles. The van der Waals surface area contributed by atoms with E-state index in [9.17, 15) is 0 Å². The molecule has 10 rings (SSSR count). The Kier molecular flexibility index (Phi) is 8.24. The van der Waals surface area contributed by atoms with E-state index >= 15 is 0 Å². The van der Waals surface area contributed by atoms with E-state index in [1.807, 2.05) is 0 Å². The second kappa shape index (κ2) is 14.0. The number of benzene rings is 10. The van der Waals surface area contributed by atoms with E-state index in [0.717, 1.165) is 17.1 Å². The van der Waals surface area contributed by atoms with Crippen LogP contribution in [0.5, 0.6) is 0 Å². The fourth-order valence-electron chi connectivity index (χ4n) is 8.15. The SMILES string of the molecule is c1ccc(-c2ccc(N(c3ccc(-c4cc5ccccc5c5ccccc45)cc3)c3ccccc3-c3ccc4ccccc4c3)c(-c3ccccc3)c2)cc1. The summed E-state index contributed by atoms with van der Waals surface area (Å²) in [6, 6.07) is 81.5. The van der Waals surface area contributed by atoms with Gasteiger partial charge in [-0.15, -0.1) is 0 Å². The van der Waals surface area contributed by atoms with Gasteiger partial charge in [-0.1, -0.05) is 182 Å². The number of anilines is 3. The van der Waals surface area contributed by atoms with Gasteiger partial charge in [0.1, 0.15) is 0 Å². The molecule has 0 unspecified atom stereocenters. The molecule has 0 aromatic heterocycles. The molecule has 0 atom stereocenters. The Morgan fingerprint density at radius 1 is 0.236 bits per heavy atom. The van der Waals surface area contributed by atoms with E-state index in [2.05, 4.69) is 229 Å². The smallest absolute Gasteiger partial charge is 0.0540 e. The molecule has 10 aromatic rings. The van der Waals surface area contributed by atoms with Crippen LogP contribution in [0.1, 0.15) is 0 Å². The Morgan fingerprint density at radius 3 is 1.56 bits per heavy atom. The monoisotopic (exact) mass is 699 g/mol. The maximum Gasteiger partial charge on any atom is 0.0540 e. The molecule has 0 heterocycles. The highest BCUT2D eigenvalue weighted by Crippen LogP contribution is 2.47. The zero-order valence-electron chi connectivity index (χ0n) is 30.3. The number of hydrogen-bond donors (Lipinski definition) is 0. The number of hydrogen-bond acceptors (Lipinski definition) is 1. The zero-order valence-corrected chi connectivity index (χ0v) is 30.3. The molecule has 0 aliphatic rings. The Balaban J connectivity index is 1.19. The number of nitrogens with zero attached hydrogens (tertiary/aromatic N) is 1. The van der Waals surface area contributed by atoms with Crippen LogP contribution in [-0.4, -0.2) is 0 Å². The van der Waals surface area contributed by atoms with Gasteiger partial charge < -0.3 is 4.90 Å². The van der Waals surface area contributed by atoms with Crippen LogP contribution in [0.15, 0.2) is 224 Å². The Labute approximate surface area is 322 Å². The van der Waals surface area contributed by atoms with Crippen molar-refractivity contribution in [3.63, 3.8) is 0 Å². The van der Waals surface area contributed by atoms with Crippen molar-refractivity contribution >= 4 is 49.4 Å². The average molecular weight is 700 g/mol. The van der Waals surface area contributed by atoms with Crippen LogP contribution in [0.4, 0.5) is 17.1 Å². The fraction of sp³-hybridized carbons (Fsp3) is 0. The molecule has 0 radical (unpaired) electrons. The molecule has 55 heavy (non-hydrogen) atoms. The third kappa shape index (κ3) is 6.02. The van der Waals surface area contributed by atoms with Gasteiger partial charge in [-0.05, 0) is 108 Å². The van der Waals surface area contributed by atoms with Gasteiger partial charge in [0.15, 0.2) is 0 Å². The van der Waals surface area contributed by atoms with E-state index in [1.54, 1.807) is 0 Å². The standard InChI is InChI=1S/C54H37N/c1-3-15-38(16-4-1)43-31-34-54(52(36-43)40-18-5-2-6-19-40)55(53-26-14-13-23-48(53)45-28-27-39-17-7-8-20-42(39)35-45)46-32-29-41(30-33-46)51-37-44-21-9-10-22-47(44)49-24-11-12-25-50(49)51/h1-37H. The second-order valence-corrected chi connectivity index (χ2v) is 14.1. The first-order valence-electron chi connectivity index (χ1n) is 18.9. The van der Waals surface area contributed by atoms with Crippen LogP contribution in [0.25, 0.3) is 76.8 Å². The molecule has 0 N–H and O–H groups in total. The summed E-state index contributed by atoms with van der Waals surface area (Å²) in [5, 5.41) is 7.53. The third-order valence-corrected chi connectivity index (χ3v) is 10.8. The molecule has 0 spiro atoms. The first-order valence-corrected chi connectivity index (χ1v) is 18.9. The van der Waals surface area contributed by atoms with Crippen LogP contribution < -0.4 is 4.90 Å². The predicted molar refractivity (Wildman–Crippen MR) is 235 cm³/mol. The molecular weight excluding hydrogens is 663 g/mol. The molecular formula is C54H37N. The lowest BCUT2D eigenvalue weighted by Gasteiger charge is -2.30. The van der Waals surface area contributed by atoms with Gasteiger partial charge in [0.25, 0.3) is 0 Å². The van der Waals surface area contributed by atoms with Crippen molar-refractivity contribution in [2.24, 2.45) is 0 Å². The van der Waals surface area contributed by atoms with Crippen molar-refractivity contribution < 1.29 is 0 Å². The summed E-state index contributed by atoms with van der Waals surface area (Å²) in [7, 11) is 0. The summed E-state index contributed by atoms with van der Waals surface area (Å²) in [4.78, 5) is 2.45. The van der Waals surface area contributed by atoms with E-state index < -0.39 is 0 Å². The maximum atomic E-state index is 2.45. The predicted octanol–water partition coefficient (Wildman–Crippen LogP) is 15.3. The summed E-state index contributed by atoms with van der Waals surface area (Å²) in [6.07, 6.45) is 0. The van der Waals surface area contributed by atoms with Gasteiger partial charge in [-0.2, -0.15) is 0 Å². The van der Waals surface area contributed by atoms with Crippen molar-refractivity contribution in [3.8, 4) is 44.5 Å². The summed E-state index contributed by atoms with van der Waals surface area (Å²) < 4.78 is 0. The first kappa shape index (κ1) is 32.4. The van der Waals surface area contributed by atoms with E-state index in [4.69, 9.17) is 0 Å². The molecule has 1 nitrogen and oxygen atoms in total. The molecule has 0 saturated carbocycles. The van der Waals surface area contributed by atoms with Crippen molar-refractivity contribution in [1.29, 1.82) is 0 Å². The number of rotatable bonds is 7. The highest BCUT2D eigenvalue weighted by Gasteiger charge is 2.22. The number of para-hydroxylation sites is 1. The minimum atomic E-state index is 1.09. The summed E-state index contributed by atoms with van der Waals surface area (Å²) >= 11 is 0. The summed E-state index contributed by atoms with van der Waals surface area (Å²) in [6.45, 7) is 0. The highest BCUT2D eigenvalue weighted by molar-refractivity contribution is 6.13. The third-order valence-electron chi connectivity index (χ3n) is 10.8. The van der Waals surface area contributed by atoms with Crippen LogP contribution in [-0.2, 0) is 0 Å². The molecule has 0 fully saturated rings. The number of fused-ring (bicyclic) bond motifs is 4. The maximum absolute atomic E-state index is 2.45. The highest BCUT2D eigenvalue weighted by atomic mass is 15.1. The lowest BCUT2D eigenvalue weighted by Crippen LogP contribution is -2.12. The van der Waals surface area contributed by atoms with Crippen molar-refractivity contribution in [1.82, 2.24) is 0 Å². The lowest BCUT2D eigenvalue weighted by atomic mass is 9.93. The van der Waals surface area contributed by atoms with Crippen LogP contribution in [0.3, 0.4) is 0 Å². The first-order chi connectivity index (χ1) is 27.3. The Bertz CT molecular complexity index is 2960. The minimum absolute atomic E-state index is 1.09. The minimum Gasteiger partial charge on any atom is -0.309 e. The molecule has 0 aliphatic heterocycles. The molecule has 0 bridgehead atoms. The Morgan fingerprint density at radius 2 is 0.782 bits per heavy atom. The van der Waals surface area contributed by atoms with E-state index in [0.29, 0.717) is 0 Å². The van der Waals surface area contributed by atoms with Gasteiger partial charge >= 0.3 is 0 Å². The summed E-state index contributed by atoms with van der Waals surface area (Å²) in [5.41, 5.74) is 12.8. The van der Waals surface area contributed by atoms with Gasteiger partial charge in [-0.25, -0.2) is 0 Å². The lowest BCUT2D eigenvalue weighted by molar-refractivity contribution is 1.28. The van der Waals surface area contributed by atoms with Crippen molar-refractivity contribution in [3.05, 3.63) is 224 Å². The van der Waals surface area contributed by atoms with Gasteiger partial charge in [-0.3, -0.25) is 0 Å². The Hall–Kier alpha value is -7.22. The van der Waals surface area contributed by atoms with Crippen LogP contribution >= 0.6 is 0 Å². The van der Waals surface area contributed by atoms with E-state index in [-0.39, 0.29) is 0 Å². The van der Waals surface area contributed by atoms with Crippen molar-refractivity contribution in [2.45, 2.75) is 0 Å². The van der Waals surface area contributed by atoms with Gasteiger partial charge in [0.2, 0.25) is 0 Å². The molecule has 1 heteroatoms. The fourth-order valence-corrected chi connectivity index (χ4v) is 8.15. The summed E-state index contributed by atoms with van der Waals surface area (Å²) in [5.74, 6) is 0. The normalized spacial score (nSPS) is 11.3. The van der Waals surface area contributed by atoms with Gasteiger partial charge in [0, 0.05) is 16.8 Å². The molecule has 10 aromatic carbocycles. The van der Waals surface area contributed by atoms with Gasteiger partial charge in [0.05, 0.1) is 11.4 Å². The molecule has 0 aliphatic carbocycles.